The molecule has 0 saturated carbocycles. The summed E-state index contributed by atoms with van der Waals surface area (Å²) in [6, 6.07) is 25.6. The first-order valence-corrected chi connectivity index (χ1v) is 12.1. The molecule has 1 aliphatic rings. The number of fused-ring (bicyclic) bond motifs is 2. The molecule has 1 aromatic heterocycles. The highest BCUT2D eigenvalue weighted by atomic mass is 79.9. The normalized spacial score (nSPS) is 12.6. The predicted octanol–water partition coefficient (Wildman–Crippen LogP) is 9.53. The molecule has 6 heteroatoms. The van der Waals surface area contributed by atoms with Gasteiger partial charge in [-0.3, -0.25) is 0 Å². The Morgan fingerprint density at radius 3 is 1.86 bits per heavy atom. The zero-order valence-corrected chi connectivity index (χ0v) is 19.9. The van der Waals surface area contributed by atoms with Crippen molar-refractivity contribution in [2.24, 2.45) is 0 Å². The third kappa shape index (κ3) is 3.44. The van der Waals surface area contributed by atoms with Gasteiger partial charge in [-0.15, -0.1) is 11.3 Å². The maximum absolute atomic E-state index is 6.10. The van der Waals surface area contributed by atoms with Crippen LogP contribution in [0.2, 0.25) is 4.34 Å². The van der Waals surface area contributed by atoms with Gasteiger partial charge in [-0.1, -0.05) is 67.4 Å². The van der Waals surface area contributed by atoms with Gasteiger partial charge in [0.25, 0.3) is 0 Å². The van der Waals surface area contributed by atoms with E-state index in [0.29, 0.717) is 0 Å². The van der Waals surface area contributed by atoms with Gasteiger partial charge in [0, 0.05) is 29.3 Å². The summed E-state index contributed by atoms with van der Waals surface area (Å²) in [5, 5.41) is 0. The molecule has 0 saturated heterocycles. The van der Waals surface area contributed by atoms with Gasteiger partial charge in [0.05, 0.1) is 15.7 Å². The number of benzene rings is 3. The first-order valence-electron chi connectivity index (χ1n) is 8.51. The summed E-state index contributed by atoms with van der Waals surface area (Å²) >= 11 is 16.7. The van der Waals surface area contributed by atoms with Gasteiger partial charge >= 0.3 is 0 Å². The van der Waals surface area contributed by atoms with Crippen LogP contribution in [0.4, 0.5) is 17.1 Å². The Morgan fingerprint density at radius 1 is 0.714 bits per heavy atom. The Labute approximate surface area is 193 Å². The fraction of sp³-hybridized carbons (Fsp3) is 0. The maximum atomic E-state index is 6.10. The molecular formula is C22H12Br2ClNS2. The Hall–Kier alpha value is -1.24. The van der Waals surface area contributed by atoms with Crippen molar-refractivity contribution < 1.29 is 0 Å². The lowest BCUT2D eigenvalue weighted by Gasteiger charge is -2.33. The monoisotopic (exact) mass is 547 g/mol. The third-order valence-corrected chi connectivity index (χ3v) is 7.89. The minimum atomic E-state index is 0.811. The van der Waals surface area contributed by atoms with Crippen molar-refractivity contribution in [3.63, 3.8) is 0 Å². The Balaban J connectivity index is 1.63. The zero-order chi connectivity index (χ0) is 19.3. The van der Waals surface area contributed by atoms with Crippen LogP contribution in [0.3, 0.4) is 0 Å². The van der Waals surface area contributed by atoms with E-state index in [0.717, 1.165) is 19.0 Å². The van der Waals surface area contributed by atoms with E-state index in [1.54, 1.807) is 23.1 Å². The minimum Gasteiger partial charge on any atom is -0.308 e. The molecule has 0 atom stereocenters. The molecule has 28 heavy (non-hydrogen) atoms. The molecule has 2 heterocycles. The van der Waals surface area contributed by atoms with E-state index in [-0.39, 0.29) is 0 Å². The van der Waals surface area contributed by atoms with E-state index >= 15 is 0 Å². The van der Waals surface area contributed by atoms with Gasteiger partial charge in [0.15, 0.2) is 0 Å². The van der Waals surface area contributed by atoms with Crippen LogP contribution in [-0.2, 0) is 0 Å². The molecule has 0 radical (unpaired) electrons. The van der Waals surface area contributed by atoms with Gasteiger partial charge in [-0.05, 0) is 66.2 Å². The molecule has 0 fully saturated rings. The fourth-order valence-corrected chi connectivity index (χ4v) is 6.49. The molecule has 1 nitrogen and oxygen atoms in total. The van der Waals surface area contributed by atoms with Gasteiger partial charge in [-0.2, -0.15) is 0 Å². The van der Waals surface area contributed by atoms with Crippen LogP contribution < -0.4 is 4.90 Å². The average Bonchev–Trinajstić information content (AvgIpc) is 3.12. The van der Waals surface area contributed by atoms with Crippen molar-refractivity contribution in [3.05, 3.63) is 86.1 Å². The van der Waals surface area contributed by atoms with Crippen LogP contribution in [0.15, 0.2) is 91.5 Å². The molecular weight excluding hydrogens is 538 g/mol. The summed E-state index contributed by atoms with van der Waals surface area (Å²) in [5.74, 6) is 0. The summed E-state index contributed by atoms with van der Waals surface area (Å²) in [6.45, 7) is 0. The minimum absolute atomic E-state index is 0.811. The number of thiophene rings is 1. The molecule has 4 aromatic rings. The predicted molar refractivity (Wildman–Crippen MR) is 129 cm³/mol. The molecule has 0 aliphatic carbocycles. The van der Waals surface area contributed by atoms with Gasteiger partial charge in [-0.25, -0.2) is 0 Å². The van der Waals surface area contributed by atoms with Crippen molar-refractivity contribution in [3.8, 4) is 10.4 Å². The molecule has 0 amide bonds. The zero-order valence-electron chi connectivity index (χ0n) is 14.3. The van der Waals surface area contributed by atoms with Crippen LogP contribution in [0.5, 0.6) is 0 Å². The molecule has 138 valence electrons. The number of hydrogen-bond donors (Lipinski definition) is 0. The van der Waals surface area contributed by atoms with Crippen molar-refractivity contribution in [1.82, 2.24) is 0 Å². The number of nitrogens with zero attached hydrogens (tertiary/aromatic N) is 1. The second kappa shape index (κ2) is 7.54. The second-order valence-electron chi connectivity index (χ2n) is 6.31. The highest BCUT2D eigenvalue weighted by Gasteiger charge is 2.25. The molecule has 3 aromatic carbocycles. The van der Waals surface area contributed by atoms with Gasteiger partial charge < -0.3 is 4.90 Å². The Morgan fingerprint density at radius 2 is 1.32 bits per heavy atom. The highest BCUT2D eigenvalue weighted by Crippen LogP contribution is 2.52. The molecule has 0 unspecified atom stereocenters. The summed E-state index contributed by atoms with van der Waals surface area (Å²) in [7, 11) is 0. The summed E-state index contributed by atoms with van der Waals surface area (Å²) in [5.41, 5.74) is 4.70. The van der Waals surface area contributed by atoms with Crippen molar-refractivity contribution >= 4 is 83.6 Å². The van der Waals surface area contributed by atoms with E-state index in [4.69, 9.17) is 11.6 Å². The summed E-state index contributed by atoms with van der Waals surface area (Å²) < 4.78 is 2.98. The molecule has 0 bridgehead atoms. The first-order chi connectivity index (χ1) is 13.6. The van der Waals surface area contributed by atoms with Crippen LogP contribution in [0.25, 0.3) is 10.4 Å². The molecule has 1 aliphatic heterocycles. The van der Waals surface area contributed by atoms with Gasteiger partial charge in [0.1, 0.15) is 0 Å². The topological polar surface area (TPSA) is 3.24 Å². The first kappa shape index (κ1) is 18.8. The van der Waals surface area contributed by atoms with E-state index in [9.17, 15) is 0 Å². The van der Waals surface area contributed by atoms with Crippen LogP contribution in [0.1, 0.15) is 0 Å². The maximum Gasteiger partial charge on any atom is 0.0934 e. The van der Waals surface area contributed by atoms with E-state index in [1.807, 2.05) is 6.07 Å². The van der Waals surface area contributed by atoms with E-state index < -0.39 is 0 Å². The van der Waals surface area contributed by atoms with E-state index in [1.165, 1.54) is 31.6 Å². The molecule has 0 spiro atoms. The molecule has 0 N–H and O–H groups in total. The second-order valence-corrected chi connectivity index (χ2v) is 10.9. The van der Waals surface area contributed by atoms with Crippen molar-refractivity contribution in [2.75, 3.05) is 4.90 Å². The SMILES string of the molecule is Clc1ccc(-c2ccc(N3c4ccc(Br)cc4Sc4cc(Br)ccc43)cc2)s1. The average molecular weight is 550 g/mol. The quantitative estimate of drug-likeness (QED) is 0.216. The lowest BCUT2D eigenvalue weighted by atomic mass is 10.1. The van der Waals surface area contributed by atoms with Crippen LogP contribution in [-0.4, -0.2) is 0 Å². The number of halogens is 3. The number of anilines is 3. The Bertz CT molecular complexity index is 1140. The number of rotatable bonds is 2. The number of hydrogen-bond acceptors (Lipinski definition) is 3. The standard InChI is InChI=1S/C22H12Br2ClNS2/c23-14-3-7-17-20(11-14)27-21-12-15(24)4-8-18(21)26(17)16-5-1-13(2-6-16)19-9-10-22(25)28-19/h1-12H. The largest absolute Gasteiger partial charge is 0.308 e. The highest BCUT2D eigenvalue weighted by molar-refractivity contribution is 9.10. The smallest absolute Gasteiger partial charge is 0.0934 e. The Kier molecular flexibility index (Phi) is 5.06. The van der Waals surface area contributed by atoms with Gasteiger partial charge in [0.2, 0.25) is 0 Å². The molecule has 5 rings (SSSR count). The fourth-order valence-electron chi connectivity index (χ4n) is 3.28. The lowest BCUT2D eigenvalue weighted by Crippen LogP contribution is -2.14. The van der Waals surface area contributed by atoms with E-state index in [2.05, 4.69) is 103 Å². The summed E-state index contributed by atoms with van der Waals surface area (Å²) in [6.07, 6.45) is 0. The lowest BCUT2D eigenvalue weighted by molar-refractivity contribution is 1.16. The van der Waals surface area contributed by atoms with Crippen LogP contribution in [0, 0.1) is 0 Å². The van der Waals surface area contributed by atoms with Crippen molar-refractivity contribution in [2.45, 2.75) is 9.79 Å². The van der Waals surface area contributed by atoms with Crippen molar-refractivity contribution in [1.29, 1.82) is 0 Å². The third-order valence-electron chi connectivity index (χ3n) is 4.53. The van der Waals surface area contributed by atoms with Crippen LogP contribution >= 0.6 is 66.6 Å². The summed E-state index contributed by atoms with van der Waals surface area (Å²) in [4.78, 5) is 5.97.